The van der Waals surface area contributed by atoms with E-state index in [-0.39, 0.29) is 18.4 Å². The first-order chi connectivity index (χ1) is 16.5. The Balaban J connectivity index is 1.50. The molecule has 1 fully saturated rings. The lowest BCUT2D eigenvalue weighted by atomic mass is 9.85. The van der Waals surface area contributed by atoms with E-state index in [0.717, 1.165) is 49.1 Å². The smallest absolute Gasteiger partial charge is 0.256 e. The minimum atomic E-state index is -0.271. The van der Waals surface area contributed by atoms with Crippen LogP contribution in [0.15, 0.2) is 12.1 Å². The van der Waals surface area contributed by atoms with E-state index in [1.165, 1.54) is 31.2 Å². The first-order valence-electron chi connectivity index (χ1n) is 12.1. The Morgan fingerprint density at radius 3 is 2.76 bits per heavy atom. The Labute approximate surface area is 198 Å². The van der Waals surface area contributed by atoms with E-state index in [1.807, 2.05) is 13.1 Å². The Morgan fingerprint density at radius 2 is 2.03 bits per heavy atom. The van der Waals surface area contributed by atoms with Crippen LogP contribution in [0.4, 0.5) is 5.69 Å². The first-order valence-corrected chi connectivity index (χ1v) is 12.1. The largest absolute Gasteiger partial charge is 0.375 e. The highest BCUT2D eigenvalue weighted by atomic mass is 16.5. The summed E-state index contributed by atoms with van der Waals surface area (Å²) < 4.78 is 7.00. The second-order valence-corrected chi connectivity index (χ2v) is 9.53. The van der Waals surface area contributed by atoms with E-state index in [4.69, 9.17) is 9.72 Å². The molecule has 180 valence electrons. The molecule has 0 atom stereocenters. The maximum Gasteiger partial charge on any atom is 0.256 e. The van der Waals surface area contributed by atoms with Crippen molar-refractivity contribution in [3.8, 4) is 0 Å². The molecule has 2 aromatic heterocycles. The van der Waals surface area contributed by atoms with Gasteiger partial charge in [0.15, 0.2) is 0 Å². The van der Waals surface area contributed by atoms with Crippen LogP contribution in [0, 0.1) is 0 Å². The van der Waals surface area contributed by atoms with Crippen molar-refractivity contribution >= 4 is 28.5 Å². The van der Waals surface area contributed by atoms with Crippen LogP contribution in [-0.2, 0) is 36.0 Å². The number of carbonyl (C=O) groups excluding carboxylic acids is 2. The fourth-order valence-electron chi connectivity index (χ4n) is 5.15. The van der Waals surface area contributed by atoms with E-state index in [9.17, 15) is 9.59 Å². The van der Waals surface area contributed by atoms with Gasteiger partial charge in [-0.15, -0.1) is 0 Å². The number of hydrogen-bond acceptors (Lipinski definition) is 5. The van der Waals surface area contributed by atoms with Crippen molar-refractivity contribution in [1.29, 1.82) is 0 Å². The van der Waals surface area contributed by atoms with Crippen LogP contribution in [0.3, 0.4) is 0 Å². The van der Waals surface area contributed by atoms with Gasteiger partial charge in [0.1, 0.15) is 12.4 Å². The molecule has 2 heterocycles. The number of anilines is 1. The average molecular weight is 465 g/mol. The highest BCUT2D eigenvalue weighted by Crippen LogP contribution is 2.38. The first kappa shape index (κ1) is 22.6. The van der Waals surface area contributed by atoms with Gasteiger partial charge in [-0.05, 0) is 56.2 Å². The van der Waals surface area contributed by atoms with Crippen molar-refractivity contribution in [2.45, 2.75) is 57.4 Å². The third kappa shape index (κ3) is 4.09. The minimum absolute atomic E-state index is 0.0545. The maximum atomic E-state index is 13.7. The minimum Gasteiger partial charge on any atom is -0.375 e. The maximum absolute atomic E-state index is 13.7. The molecular formula is C25H32N6O3. The molecule has 2 amide bonds. The van der Waals surface area contributed by atoms with Gasteiger partial charge in [-0.1, -0.05) is 6.42 Å². The molecule has 1 saturated carbocycles. The van der Waals surface area contributed by atoms with E-state index in [1.54, 1.807) is 18.0 Å². The van der Waals surface area contributed by atoms with Gasteiger partial charge in [0.2, 0.25) is 5.91 Å². The molecular weight excluding hydrogens is 432 g/mol. The van der Waals surface area contributed by atoms with Gasteiger partial charge in [-0.2, -0.15) is 5.10 Å². The molecule has 1 aromatic carbocycles. The third-order valence-electron chi connectivity index (χ3n) is 7.14. The second-order valence-electron chi connectivity index (χ2n) is 9.53. The summed E-state index contributed by atoms with van der Waals surface area (Å²) in [6, 6.07) is 3.59. The van der Waals surface area contributed by atoms with E-state index < -0.39 is 0 Å². The van der Waals surface area contributed by atoms with Gasteiger partial charge < -0.3 is 19.5 Å². The summed E-state index contributed by atoms with van der Waals surface area (Å²) in [4.78, 5) is 32.5. The lowest BCUT2D eigenvalue weighted by Gasteiger charge is -2.24. The molecule has 0 radical (unpaired) electrons. The van der Waals surface area contributed by atoms with Crippen LogP contribution in [0.1, 0.15) is 71.2 Å². The molecule has 9 heteroatoms. The zero-order chi connectivity index (χ0) is 23.8. The molecule has 2 aliphatic carbocycles. The molecule has 34 heavy (non-hydrogen) atoms. The van der Waals surface area contributed by atoms with Gasteiger partial charge in [-0.25, -0.2) is 4.98 Å². The second kappa shape index (κ2) is 9.21. The standard InChI is InChI=1S/C25H32N6O3/c1-30(13-21-17-9-4-5-10-19(17)28-29-21)25(33)18-11-16(26-22(32)14-34-3)12-20-23(18)31(2)24(27-20)15-7-6-8-15/h11-12,15H,4-10,13-14H2,1-3H3,(H,26,32)(H,28,29). The highest BCUT2D eigenvalue weighted by Gasteiger charge is 2.28. The number of hydrogen-bond donors (Lipinski definition) is 2. The number of imidazole rings is 1. The summed E-state index contributed by atoms with van der Waals surface area (Å²) in [5, 5.41) is 10.5. The Bertz CT molecular complexity index is 1240. The van der Waals surface area contributed by atoms with Gasteiger partial charge in [0, 0.05) is 38.5 Å². The normalized spacial score (nSPS) is 15.7. The lowest BCUT2D eigenvalue weighted by molar-refractivity contribution is -0.119. The Kier molecular flexibility index (Phi) is 6.12. The molecule has 0 aliphatic heterocycles. The Hall–Kier alpha value is -3.20. The molecule has 2 aliphatic rings. The summed E-state index contributed by atoms with van der Waals surface area (Å²) >= 11 is 0. The van der Waals surface area contributed by atoms with Crippen LogP contribution in [-0.4, -0.2) is 57.2 Å². The van der Waals surface area contributed by atoms with Gasteiger partial charge in [-0.3, -0.25) is 14.7 Å². The summed E-state index contributed by atoms with van der Waals surface area (Å²) in [7, 11) is 5.26. The number of nitrogens with one attached hydrogen (secondary N) is 2. The number of rotatable bonds is 7. The third-order valence-corrected chi connectivity index (χ3v) is 7.14. The van der Waals surface area contributed by atoms with Crippen molar-refractivity contribution in [2.24, 2.45) is 7.05 Å². The number of H-pyrrole nitrogens is 1. The summed E-state index contributed by atoms with van der Waals surface area (Å²) in [6.07, 6.45) is 7.77. The monoisotopic (exact) mass is 464 g/mol. The van der Waals surface area contributed by atoms with E-state index in [0.29, 0.717) is 29.2 Å². The van der Waals surface area contributed by atoms with E-state index in [2.05, 4.69) is 20.1 Å². The molecule has 9 nitrogen and oxygen atoms in total. The van der Waals surface area contributed by atoms with Crippen LogP contribution < -0.4 is 5.32 Å². The summed E-state index contributed by atoms with van der Waals surface area (Å²) in [5.74, 6) is 1.02. The van der Waals surface area contributed by atoms with Crippen LogP contribution in [0.2, 0.25) is 0 Å². The number of aromatic nitrogens is 4. The number of fused-ring (bicyclic) bond motifs is 2. The van der Waals surface area contributed by atoms with Crippen LogP contribution in [0.5, 0.6) is 0 Å². The number of nitrogens with zero attached hydrogens (tertiary/aromatic N) is 4. The van der Waals surface area contributed by atoms with Crippen molar-refractivity contribution in [2.75, 3.05) is 26.1 Å². The topological polar surface area (TPSA) is 105 Å². The van der Waals surface area contributed by atoms with Crippen molar-refractivity contribution in [3.63, 3.8) is 0 Å². The van der Waals surface area contributed by atoms with Gasteiger partial charge in [0.25, 0.3) is 5.91 Å². The van der Waals surface area contributed by atoms with Crippen LogP contribution >= 0.6 is 0 Å². The predicted octanol–water partition coefficient (Wildman–Crippen LogP) is 3.30. The number of benzene rings is 1. The molecule has 3 aromatic rings. The number of methoxy groups -OCH3 is 1. The molecule has 0 unspecified atom stereocenters. The van der Waals surface area contributed by atoms with Gasteiger partial charge >= 0.3 is 0 Å². The van der Waals surface area contributed by atoms with Crippen molar-refractivity contribution in [1.82, 2.24) is 24.6 Å². The zero-order valence-electron chi connectivity index (χ0n) is 20.1. The number of aromatic amines is 1. The number of amides is 2. The lowest BCUT2D eigenvalue weighted by Crippen LogP contribution is -2.28. The Morgan fingerprint density at radius 1 is 1.24 bits per heavy atom. The molecule has 0 spiro atoms. The SMILES string of the molecule is COCC(=O)Nc1cc(C(=O)N(C)Cc2n[nH]c3c2CCCC3)c2c(c1)nc(C1CCC1)n2C. The van der Waals surface area contributed by atoms with Crippen LogP contribution in [0.25, 0.3) is 11.0 Å². The molecule has 5 rings (SSSR count). The van der Waals surface area contributed by atoms with Gasteiger partial charge in [0.05, 0.1) is 28.8 Å². The van der Waals surface area contributed by atoms with E-state index >= 15 is 0 Å². The zero-order valence-corrected chi connectivity index (χ0v) is 20.1. The summed E-state index contributed by atoms with van der Waals surface area (Å²) in [6.45, 7) is 0.376. The van der Waals surface area contributed by atoms with Crippen molar-refractivity contribution in [3.05, 3.63) is 40.5 Å². The fraction of sp³-hybridized carbons (Fsp3) is 0.520. The van der Waals surface area contributed by atoms with Crippen molar-refractivity contribution < 1.29 is 14.3 Å². The molecule has 2 N–H and O–H groups in total. The average Bonchev–Trinajstić information content (AvgIpc) is 3.33. The number of ether oxygens (including phenoxy) is 1. The summed E-state index contributed by atoms with van der Waals surface area (Å²) in [5.41, 5.74) is 5.97. The molecule has 0 bridgehead atoms. The number of carbonyl (C=O) groups is 2. The fourth-order valence-corrected chi connectivity index (χ4v) is 5.15. The number of aryl methyl sites for hydroxylation is 2. The predicted molar refractivity (Wildman–Crippen MR) is 129 cm³/mol. The highest BCUT2D eigenvalue weighted by molar-refractivity contribution is 6.07. The molecule has 0 saturated heterocycles. The quantitative estimate of drug-likeness (QED) is 0.558.